The summed E-state index contributed by atoms with van der Waals surface area (Å²) in [6.07, 6.45) is 6.15. The smallest absolute Gasteiger partial charge is 0.251 e. The molecular formula is C18H19N3O2. The number of rotatable bonds is 6. The number of aromatic nitrogens is 2. The van der Waals surface area contributed by atoms with Crippen molar-refractivity contribution in [3.63, 3.8) is 0 Å². The second-order valence-electron chi connectivity index (χ2n) is 5.28. The van der Waals surface area contributed by atoms with Crippen LogP contribution in [0.5, 0.6) is 0 Å². The molecule has 0 radical (unpaired) electrons. The summed E-state index contributed by atoms with van der Waals surface area (Å²) in [5.74, 6) is 0.659. The SMILES string of the molecule is CCc1ccc(C(=O)NCC(c2ccco2)n2cccn2)cc1. The van der Waals surface area contributed by atoms with Gasteiger partial charge in [-0.3, -0.25) is 9.48 Å². The van der Waals surface area contributed by atoms with Crippen molar-refractivity contribution >= 4 is 5.91 Å². The number of benzene rings is 1. The van der Waals surface area contributed by atoms with Gasteiger partial charge in [0.15, 0.2) is 0 Å². The third-order valence-corrected chi connectivity index (χ3v) is 3.80. The fraction of sp³-hybridized carbons (Fsp3) is 0.222. The van der Waals surface area contributed by atoms with Crippen LogP contribution >= 0.6 is 0 Å². The Labute approximate surface area is 134 Å². The quantitative estimate of drug-likeness (QED) is 0.761. The van der Waals surface area contributed by atoms with E-state index in [4.69, 9.17) is 4.42 Å². The fourth-order valence-electron chi connectivity index (χ4n) is 2.45. The number of carbonyl (C=O) groups is 1. The van der Waals surface area contributed by atoms with Crippen LogP contribution in [0.4, 0.5) is 0 Å². The van der Waals surface area contributed by atoms with E-state index in [0.29, 0.717) is 12.1 Å². The average molecular weight is 309 g/mol. The highest BCUT2D eigenvalue weighted by atomic mass is 16.3. The van der Waals surface area contributed by atoms with E-state index in [2.05, 4.69) is 17.3 Å². The molecule has 1 amide bonds. The first-order valence-electron chi connectivity index (χ1n) is 7.67. The van der Waals surface area contributed by atoms with Crippen LogP contribution in [0.2, 0.25) is 0 Å². The van der Waals surface area contributed by atoms with E-state index < -0.39 is 0 Å². The van der Waals surface area contributed by atoms with Crippen LogP contribution < -0.4 is 5.32 Å². The number of amides is 1. The second kappa shape index (κ2) is 6.96. The van der Waals surface area contributed by atoms with E-state index in [0.717, 1.165) is 12.2 Å². The van der Waals surface area contributed by atoms with Gasteiger partial charge in [0.05, 0.1) is 6.26 Å². The van der Waals surface area contributed by atoms with Gasteiger partial charge < -0.3 is 9.73 Å². The predicted octanol–water partition coefficient (Wildman–Crippen LogP) is 3.06. The van der Waals surface area contributed by atoms with Crippen LogP contribution in [0.25, 0.3) is 0 Å². The number of hydrogen-bond donors (Lipinski definition) is 1. The molecule has 5 nitrogen and oxygen atoms in total. The average Bonchev–Trinajstić information content (AvgIpc) is 3.29. The largest absolute Gasteiger partial charge is 0.467 e. The molecule has 2 aromatic heterocycles. The number of aryl methyl sites for hydroxylation is 1. The summed E-state index contributed by atoms with van der Waals surface area (Å²) < 4.78 is 7.25. The van der Waals surface area contributed by atoms with E-state index in [1.165, 1.54) is 5.56 Å². The van der Waals surface area contributed by atoms with E-state index in [1.807, 2.05) is 48.7 Å². The van der Waals surface area contributed by atoms with Crippen LogP contribution in [0, 0.1) is 0 Å². The van der Waals surface area contributed by atoms with Crippen LogP contribution in [0.3, 0.4) is 0 Å². The van der Waals surface area contributed by atoms with Gasteiger partial charge in [0.25, 0.3) is 5.91 Å². The highest BCUT2D eigenvalue weighted by Crippen LogP contribution is 2.17. The van der Waals surface area contributed by atoms with Crippen molar-refractivity contribution in [3.05, 3.63) is 78.0 Å². The van der Waals surface area contributed by atoms with Crippen LogP contribution in [0.1, 0.15) is 34.6 Å². The molecule has 1 unspecified atom stereocenters. The molecule has 0 spiro atoms. The maximum Gasteiger partial charge on any atom is 0.251 e. The molecule has 1 atom stereocenters. The second-order valence-corrected chi connectivity index (χ2v) is 5.28. The topological polar surface area (TPSA) is 60.1 Å². The minimum atomic E-state index is -0.168. The summed E-state index contributed by atoms with van der Waals surface area (Å²) in [5.41, 5.74) is 1.87. The predicted molar refractivity (Wildman–Crippen MR) is 87.2 cm³/mol. The highest BCUT2D eigenvalue weighted by molar-refractivity contribution is 5.94. The van der Waals surface area contributed by atoms with E-state index in [1.54, 1.807) is 17.1 Å². The molecule has 118 valence electrons. The maximum absolute atomic E-state index is 12.3. The van der Waals surface area contributed by atoms with Gasteiger partial charge in [-0.15, -0.1) is 0 Å². The molecule has 0 aliphatic carbocycles. The Morgan fingerprint density at radius 1 is 1.26 bits per heavy atom. The van der Waals surface area contributed by atoms with Crippen molar-refractivity contribution in [2.45, 2.75) is 19.4 Å². The van der Waals surface area contributed by atoms with Gasteiger partial charge >= 0.3 is 0 Å². The summed E-state index contributed by atoms with van der Waals surface area (Å²) in [7, 11) is 0. The van der Waals surface area contributed by atoms with Gasteiger partial charge in [-0.1, -0.05) is 19.1 Å². The van der Waals surface area contributed by atoms with Gasteiger partial charge in [-0.25, -0.2) is 0 Å². The standard InChI is InChI=1S/C18H19N3O2/c1-2-14-6-8-15(9-7-14)18(22)19-13-16(17-5-3-12-23-17)21-11-4-10-20-21/h3-12,16H,2,13H2,1H3,(H,19,22). The Hall–Kier alpha value is -2.82. The Morgan fingerprint density at radius 3 is 2.70 bits per heavy atom. The van der Waals surface area contributed by atoms with E-state index >= 15 is 0 Å². The molecule has 1 N–H and O–H groups in total. The van der Waals surface area contributed by atoms with E-state index in [9.17, 15) is 4.79 Å². The summed E-state index contributed by atoms with van der Waals surface area (Å²) in [5, 5.41) is 7.20. The number of hydrogen-bond acceptors (Lipinski definition) is 3. The molecule has 0 saturated carbocycles. The maximum atomic E-state index is 12.3. The lowest BCUT2D eigenvalue weighted by atomic mass is 10.1. The first-order chi connectivity index (χ1) is 11.3. The lowest BCUT2D eigenvalue weighted by Crippen LogP contribution is -2.31. The third-order valence-electron chi connectivity index (χ3n) is 3.80. The van der Waals surface area contributed by atoms with Crippen LogP contribution in [0.15, 0.2) is 65.5 Å². The Morgan fingerprint density at radius 2 is 2.09 bits per heavy atom. The Bertz CT molecular complexity index is 697. The Kier molecular flexibility index (Phi) is 4.57. The van der Waals surface area contributed by atoms with Crippen LogP contribution in [-0.2, 0) is 6.42 Å². The molecule has 0 saturated heterocycles. The lowest BCUT2D eigenvalue weighted by molar-refractivity contribution is 0.0948. The molecule has 23 heavy (non-hydrogen) atoms. The number of carbonyl (C=O) groups excluding carboxylic acids is 1. The normalized spacial score (nSPS) is 12.0. The minimum absolute atomic E-state index is 0.101. The van der Waals surface area contributed by atoms with Crippen molar-refractivity contribution in [1.29, 1.82) is 0 Å². The molecule has 2 heterocycles. The van der Waals surface area contributed by atoms with Gasteiger partial charge in [0, 0.05) is 24.5 Å². The molecule has 0 aliphatic rings. The first kappa shape index (κ1) is 15.1. The van der Waals surface area contributed by atoms with Crippen molar-refractivity contribution in [2.24, 2.45) is 0 Å². The molecule has 0 bridgehead atoms. The molecule has 0 fully saturated rings. The third kappa shape index (κ3) is 3.51. The van der Waals surface area contributed by atoms with Crippen LogP contribution in [-0.4, -0.2) is 22.2 Å². The number of nitrogens with one attached hydrogen (secondary N) is 1. The van der Waals surface area contributed by atoms with E-state index in [-0.39, 0.29) is 11.9 Å². The summed E-state index contributed by atoms with van der Waals surface area (Å²) in [4.78, 5) is 12.3. The summed E-state index contributed by atoms with van der Waals surface area (Å²) >= 11 is 0. The first-order valence-corrected chi connectivity index (χ1v) is 7.67. The summed E-state index contributed by atoms with van der Waals surface area (Å²) in [6, 6.07) is 13.1. The zero-order valence-electron chi connectivity index (χ0n) is 13.0. The molecule has 3 rings (SSSR count). The van der Waals surface area contributed by atoms with Crippen molar-refractivity contribution in [1.82, 2.24) is 15.1 Å². The minimum Gasteiger partial charge on any atom is -0.467 e. The molecule has 0 aliphatic heterocycles. The van der Waals surface area contributed by atoms with Crippen molar-refractivity contribution < 1.29 is 9.21 Å². The zero-order chi connectivity index (χ0) is 16.1. The number of nitrogens with zero attached hydrogens (tertiary/aromatic N) is 2. The van der Waals surface area contributed by atoms with Crippen molar-refractivity contribution in [3.8, 4) is 0 Å². The van der Waals surface area contributed by atoms with Crippen molar-refractivity contribution in [2.75, 3.05) is 6.54 Å². The highest BCUT2D eigenvalue weighted by Gasteiger charge is 2.18. The summed E-state index contributed by atoms with van der Waals surface area (Å²) in [6.45, 7) is 2.50. The Balaban J connectivity index is 1.70. The molecule has 1 aromatic carbocycles. The van der Waals surface area contributed by atoms with Gasteiger partial charge in [-0.2, -0.15) is 5.10 Å². The fourth-order valence-corrected chi connectivity index (χ4v) is 2.45. The monoisotopic (exact) mass is 309 g/mol. The van der Waals surface area contributed by atoms with Gasteiger partial charge in [0.2, 0.25) is 0 Å². The van der Waals surface area contributed by atoms with Gasteiger partial charge in [-0.05, 0) is 42.3 Å². The lowest BCUT2D eigenvalue weighted by Gasteiger charge is -2.16. The van der Waals surface area contributed by atoms with Gasteiger partial charge in [0.1, 0.15) is 11.8 Å². The molecule has 5 heteroatoms. The number of furan rings is 1. The zero-order valence-corrected chi connectivity index (χ0v) is 13.0. The molecular weight excluding hydrogens is 290 g/mol. The molecule has 3 aromatic rings.